The van der Waals surface area contributed by atoms with Crippen molar-refractivity contribution in [2.24, 2.45) is 0 Å². The van der Waals surface area contributed by atoms with Gasteiger partial charge in [-0.05, 0) is 49.9 Å². The second kappa shape index (κ2) is 7.08. The van der Waals surface area contributed by atoms with E-state index in [9.17, 15) is 9.59 Å². The van der Waals surface area contributed by atoms with Crippen LogP contribution >= 0.6 is 0 Å². The number of amides is 2. The van der Waals surface area contributed by atoms with Gasteiger partial charge in [0, 0.05) is 24.7 Å². The first kappa shape index (κ1) is 16.0. The standard InChI is InChI=1S/C17H21N3O2/c1-12-3-4-14(11-13(12)2)17(22)20-9-6-15(7-10-20)19-16(21)5-8-18/h3-4,11,15H,5-7,9-10H2,1-2H3,(H,19,21). The molecule has 1 heterocycles. The van der Waals surface area contributed by atoms with Crippen LogP contribution in [-0.4, -0.2) is 35.8 Å². The number of carbonyl (C=O) groups is 2. The van der Waals surface area contributed by atoms with Crippen molar-refractivity contribution in [1.82, 2.24) is 10.2 Å². The number of likely N-dealkylation sites (tertiary alicyclic amines) is 1. The number of rotatable bonds is 3. The molecule has 1 fully saturated rings. The maximum Gasteiger partial charge on any atom is 0.253 e. The summed E-state index contributed by atoms with van der Waals surface area (Å²) in [5.74, 6) is -0.189. The lowest BCUT2D eigenvalue weighted by atomic mass is 10.0. The van der Waals surface area contributed by atoms with Crippen LogP contribution < -0.4 is 5.32 Å². The van der Waals surface area contributed by atoms with Gasteiger partial charge in [-0.2, -0.15) is 5.26 Å². The predicted octanol–water partition coefficient (Wildman–Crippen LogP) is 1.94. The molecule has 0 aromatic heterocycles. The number of nitriles is 1. The molecule has 1 aliphatic heterocycles. The lowest BCUT2D eigenvalue weighted by molar-refractivity contribution is -0.121. The average Bonchev–Trinajstić information content (AvgIpc) is 2.50. The quantitative estimate of drug-likeness (QED) is 0.927. The average molecular weight is 299 g/mol. The van der Waals surface area contributed by atoms with Gasteiger partial charge in [-0.15, -0.1) is 0 Å². The zero-order valence-electron chi connectivity index (χ0n) is 13.1. The summed E-state index contributed by atoms with van der Waals surface area (Å²) in [7, 11) is 0. The van der Waals surface area contributed by atoms with Crippen molar-refractivity contribution in [2.45, 2.75) is 39.2 Å². The first-order valence-corrected chi connectivity index (χ1v) is 7.54. The van der Waals surface area contributed by atoms with Gasteiger partial charge in [-0.3, -0.25) is 9.59 Å². The molecule has 2 amide bonds. The molecule has 0 radical (unpaired) electrons. The normalized spacial score (nSPS) is 15.2. The molecule has 5 nitrogen and oxygen atoms in total. The van der Waals surface area contributed by atoms with Crippen molar-refractivity contribution in [1.29, 1.82) is 5.26 Å². The number of aryl methyl sites for hydroxylation is 2. The van der Waals surface area contributed by atoms with Crippen LogP contribution in [0.5, 0.6) is 0 Å². The van der Waals surface area contributed by atoms with E-state index in [2.05, 4.69) is 5.32 Å². The molecule has 0 aliphatic carbocycles. The van der Waals surface area contributed by atoms with Crippen LogP contribution in [0.1, 0.15) is 40.7 Å². The second-order valence-electron chi connectivity index (χ2n) is 5.77. The Morgan fingerprint density at radius 2 is 1.95 bits per heavy atom. The van der Waals surface area contributed by atoms with Crippen LogP contribution in [0.4, 0.5) is 0 Å². The van der Waals surface area contributed by atoms with Gasteiger partial charge in [0.05, 0.1) is 6.07 Å². The Kier molecular flexibility index (Phi) is 5.16. The summed E-state index contributed by atoms with van der Waals surface area (Å²) in [6, 6.07) is 7.66. The summed E-state index contributed by atoms with van der Waals surface area (Å²) >= 11 is 0. The van der Waals surface area contributed by atoms with Crippen molar-refractivity contribution >= 4 is 11.8 Å². The second-order valence-corrected chi connectivity index (χ2v) is 5.77. The molecule has 0 saturated carbocycles. The highest BCUT2D eigenvalue weighted by Gasteiger charge is 2.24. The minimum Gasteiger partial charge on any atom is -0.352 e. The highest BCUT2D eigenvalue weighted by molar-refractivity contribution is 5.94. The number of piperidine rings is 1. The molecule has 0 atom stereocenters. The van der Waals surface area contributed by atoms with E-state index in [0.29, 0.717) is 13.1 Å². The van der Waals surface area contributed by atoms with E-state index in [1.165, 1.54) is 5.56 Å². The van der Waals surface area contributed by atoms with Crippen LogP contribution in [0.25, 0.3) is 0 Å². The topological polar surface area (TPSA) is 73.2 Å². The van der Waals surface area contributed by atoms with Crippen LogP contribution in [0, 0.1) is 25.2 Å². The van der Waals surface area contributed by atoms with E-state index in [1.807, 2.05) is 43.0 Å². The van der Waals surface area contributed by atoms with Gasteiger partial charge in [-0.1, -0.05) is 6.07 Å². The molecule has 116 valence electrons. The summed E-state index contributed by atoms with van der Waals surface area (Å²) in [5, 5.41) is 11.3. The summed E-state index contributed by atoms with van der Waals surface area (Å²) in [6.07, 6.45) is 1.35. The predicted molar refractivity (Wildman–Crippen MR) is 83.2 cm³/mol. The molecule has 0 bridgehead atoms. The number of nitrogens with zero attached hydrogens (tertiary/aromatic N) is 2. The third-order valence-electron chi connectivity index (χ3n) is 4.14. The maximum atomic E-state index is 12.5. The fourth-order valence-corrected chi connectivity index (χ4v) is 2.63. The van der Waals surface area contributed by atoms with Crippen LogP contribution in [0.3, 0.4) is 0 Å². The van der Waals surface area contributed by atoms with Crippen molar-refractivity contribution in [3.8, 4) is 6.07 Å². The number of benzene rings is 1. The molecule has 2 rings (SSSR count). The van der Waals surface area contributed by atoms with Gasteiger partial charge in [0.25, 0.3) is 5.91 Å². The van der Waals surface area contributed by atoms with Gasteiger partial charge in [0.1, 0.15) is 6.42 Å². The van der Waals surface area contributed by atoms with Crippen LogP contribution in [0.2, 0.25) is 0 Å². The van der Waals surface area contributed by atoms with E-state index in [-0.39, 0.29) is 24.3 Å². The molecule has 0 spiro atoms. The van der Waals surface area contributed by atoms with Crippen molar-refractivity contribution in [3.63, 3.8) is 0 Å². The lowest BCUT2D eigenvalue weighted by Gasteiger charge is -2.32. The fraction of sp³-hybridized carbons (Fsp3) is 0.471. The monoisotopic (exact) mass is 299 g/mol. The molecule has 1 aromatic rings. The summed E-state index contributed by atoms with van der Waals surface area (Å²) in [6.45, 7) is 5.29. The highest BCUT2D eigenvalue weighted by Crippen LogP contribution is 2.16. The molecule has 1 saturated heterocycles. The summed E-state index contributed by atoms with van der Waals surface area (Å²) in [4.78, 5) is 25.7. The fourth-order valence-electron chi connectivity index (χ4n) is 2.63. The Morgan fingerprint density at radius 1 is 1.27 bits per heavy atom. The van der Waals surface area contributed by atoms with Crippen molar-refractivity contribution in [2.75, 3.05) is 13.1 Å². The highest BCUT2D eigenvalue weighted by atomic mass is 16.2. The van der Waals surface area contributed by atoms with Gasteiger partial charge in [0.2, 0.25) is 5.91 Å². The molecular weight excluding hydrogens is 278 g/mol. The Hall–Kier alpha value is -2.35. The Labute approximate surface area is 130 Å². The van der Waals surface area contributed by atoms with Crippen LogP contribution in [0.15, 0.2) is 18.2 Å². The first-order chi connectivity index (χ1) is 10.5. The first-order valence-electron chi connectivity index (χ1n) is 7.54. The number of hydrogen-bond donors (Lipinski definition) is 1. The molecular formula is C17H21N3O2. The van der Waals surface area contributed by atoms with Gasteiger partial charge >= 0.3 is 0 Å². The zero-order chi connectivity index (χ0) is 16.1. The Bertz CT molecular complexity index is 611. The van der Waals surface area contributed by atoms with E-state index in [4.69, 9.17) is 5.26 Å². The minimum absolute atomic E-state index is 0.0462. The molecule has 5 heteroatoms. The molecule has 1 aromatic carbocycles. The van der Waals surface area contributed by atoms with Gasteiger partial charge < -0.3 is 10.2 Å². The minimum atomic E-state index is -0.235. The zero-order valence-corrected chi connectivity index (χ0v) is 13.1. The molecule has 1 N–H and O–H groups in total. The Morgan fingerprint density at radius 3 is 2.55 bits per heavy atom. The lowest BCUT2D eigenvalue weighted by Crippen LogP contribution is -2.46. The largest absolute Gasteiger partial charge is 0.352 e. The summed E-state index contributed by atoms with van der Waals surface area (Å²) < 4.78 is 0. The Balaban J connectivity index is 1.91. The van der Waals surface area contributed by atoms with Crippen LogP contribution in [-0.2, 0) is 4.79 Å². The van der Waals surface area contributed by atoms with Crippen molar-refractivity contribution < 1.29 is 9.59 Å². The SMILES string of the molecule is Cc1ccc(C(=O)N2CCC(NC(=O)CC#N)CC2)cc1C. The van der Waals surface area contributed by atoms with Gasteiger partial charge in [0.15, 0.2) is 0 Å². The third kappa shape index (κ3) is 3.85. The number of nitrogens with one attached hydrogen (secondary N) is 1. The molecule has 0 unspecified atom stereocenters. The van der Waals surface area contributed by atoms with E-state index >= 15 is 0 Å². The van der Waals surface area contributed by atoms with Crippen molar-refractivity contribution in [3.05, 3.63) is 34.9 Å². The molecule has 1 aliphatic rings. The molecule has 22 heavy (non-hydrogen) atoms. The maximum absolute atomic E-state index is 12.5. The smallest absolute Gasteiger partial charge is 0.253 e. The van der Waals surface area contributed by atoms with E-state index in [1.54, 1.807) is 0 Å². The van der Waals surface area contributed by atoms with E-state index < -0.39 is 0 Å². The summed E-state index contributed by atoms with van der Waals surface area (Å²) in [5.41, 5.74) is 3.01. The van der Waals surface area contributed by atoms with E-state index in [0.717, 1.165) is 24.0 Å². The number of hydrogen-bond acceptors (Lipinski definition) is 3. The third-order valence-corrected chi connectivity index (χ3v) is 4.14. The number of carbonyl (C=O) groups excluding carboxylic acids is 2. The van der Waals surface area contributed by atoms with Gasteiger partial charge in [-0.25, -0.2) is 0 Å².